The molecule has 1 N–H and O–H groups in total. The minimum atomic E-state index is 0.396. The van der Waals surface area contributed by atoms with Gasteiger partial charge in [0.25, 0.3) is 0 Å². The normalized spacial score (nSPS) is 13.6. The van der Waals surface area contributed by atoms with Crippen LogP contribution in [0.5, 0.6) is 0 Å². The highest BCUT2D eigenvalue weighted by molar-refractivity contribution is 5.25. The molecule has 18 heavy (non-hydrogen) atoms. The van der Waals surface area contributed by atoms with Crippen molar-refractivity contribution in [2.45, 2.75) is 59.9 Å². The van der Waals surface area contributed by atoms with Crippen molar-refractivity contribution in [3.63, 3.8) is 0 Å². The van der Waals surface area contributed by atoms with E-state index >= 15 is 0 Å². The third-order valence-electron chi connectivity index (χ3n) is 3.26. The molecule has 0 aliphatic carbocycles. The first-order valence-electron chi connectivity index (χ1n) is 7.08. The third kappa shape index (κ3) is 5.18. The average molecular weight is 248 g/mol. The molecule has 2 heteroatoms. The van der Waals surface area contributed by atoms with Crippen molar-refractivity contribution in [1.29, 1.82) is 0 Å². The van der Waals surface area contributed by atoms with Crippen LogP contribution in [0, 0.1) is 12.3 Å². The van der Waals surface area contributed by atoms with Gasteiger partial charge in [0, 0.05) is 18.4 Å². The van der Waals surface area contributed by atoms with Gasteiger partial charge in [-0.25, -0.2) is 0 Å². The molecule has 102 valence electrons. The largest absolute Gasteiger partial charge is 0.310 e. The molecule has 1 aromatic heterocycles. The van der Waals surface area contributed by atoms with Gasteiger partial charge in [-0.3, -0.25) is 4.98 Å². The quantitative estimate of drug-likeness (QED) is 0.813. The van der Waals surface area contributed by atoms with Crippen molar-refractivity contribution in [2.24, 2.45) is 5.41 Å². The molecule has 1 rings (SSSR count). The summed E-state index contributed by atoms with van der Waals surface area (Å²) in [6.45, 7) is 12.4. The van der Waals surface area contributed by atoms with Gasteiger partial charge in [0.2, 0.25) is 0 Å². The van der Waals surface area contributed by atoms with E-state index < -0.39 is 0 Å². The van der Waals surface area contributed by atoms with E-state index in [1.165, 1.54) is 30.4 Å². The Balaban J connectivity index is 2.75. The number of nitrogens with zero attached hydrogens (tertiary/aromatic N) is 1. The Bertz CT molecular complexity index is 352. The lowest BCUT2D eigenvalue weighted by Crippen LogP contribution is -2.24. The topological polar surface area (TPSA) is 24.9 Å². The fourth-order valence-electron chi connectivity index (χ4n) is 2.14. The van der Waals surface area contributed by atoms with Crippen LogP contribution in [0.2, 0.25) is 0 Å². The van der Waals surface area contributed by atoms with Gasteiger partial charge in [-0.15, -0.1) is 0 Å². The van der Waals surface area contributed by atoms with Gasteiger partial charge in [-0.1, -0.05) is 27.7 Å². The summed E-state index contributed by atoms with van der Waals surface area (Å²) >= 11 is 0. The molecule has 0 fully saturated rings. The van der Waals surface area contributed by atoms with E-state index in [0.717, 1.165) is 6.54 Å². The molecule has 0 aliphatic heterocycles. The van der Waals surface area contributed by atoms with E-state index in [1.54, 1.807) is 0 Å². The highest BCUT2D eigenvalue weighted by Crippen LogP contribution is 2.28. The van der Waals surface area contributed by atoms with Gasteiger partial charge in [-0.05, 0) is 55.3 Å². The standard InChI is InChI=1S/C16H28N2/c1-6-10-18-15(7-9-16(3,4)5)14-8-11-17-12-13(14)2/h8,11-12,15,18H,6-7,9-10H2,1-5H3. The molecule has 0 bridgehead atoms. The summed E-state index contributed by atoms with van der Waals surface area (Å²) in [5, 5.41) is 3.67. The molecule has 0 aliphatic rings. The zero-order valence-electron chi connectivity index (χ0n) is 12.6. The van der Waals surface area contributed by atoms with Gasteiger partial charge in [0.1, 0.15) is 0 Å². The van der Waals surface area contributed by atoms with E-state index in [-0.39, 0.29) is 0 Å². The molecule has 0 saturated heterocycles. The molecule has 0 amide bonds. The second kappa shape index (κ2) is 6.89. The predicted octanol–water partition coefficient (Wildman–Crippen LogP) is 4.26. The van der Waals surface area contributed by atoms with Crippen LogP contribution in [0.15, 0.2) is 18.5 Å². The van der Waals surface area contributed by atoms with Crippen molar-refractivity contribution < 1.29 is 0 Å². The maximum absolute atomic E-state index is 4.19. The number of rotatable bonds is 6. The van der Waals surface area contributed by atoms with E-state index in [4.69, 9.17) is 0 Å². The first-order chi connectivity index (χ1) is 8.44. The number of hydrogen-bond donors (Lipinski definition) is 1. The SMILES string of the molecule is CCCNC(CCC(C)(C)C)c1ccncc1C. The second-order valence-corrected chi connectivity index (χ2v) is 6.34. The smallest absolute Gasteiger partial charge is 0.0324 e. The summed E-state index contributed by atoms with van der Waals surface area (Å²) in [6.07, 6.45) is 7.47. The zero-order chi connectivity index (χ0) is 13.6. The molecule has 2 nitrogen and oxygen atoms in total. The third-order valence-corrected chi connectivity index (χ3v) is 3.26. The Morgan fingerprint density at radius 2 is 2.06 bits per heavy atom. The van der Waals surface area contributed by atoms with Crippen LogP contribution in [-0.4, -0.2) is 11.5 Å². The van der Waals surface area contributed by atoms with Gasteiger partial charge in [-0.2, -0.15) is 0 Å². The number of pyridine rings is 1. The lowest BCUT2D eigenvalue weighted by atomic mass is 9.86. The average Bonchev–Trinajstić information content (AvgIpc) is 2.29. The second-order valence-electron chi connectivity index (χ2n) is 6.34. The molecule has 0 spiro atoms. The fourth-order valence-corrected chi connectivity index (χ4v) is 2.14. The van der Waals surface area contributed by atoms with Crippen LogP contribution in [0.25, 0.3) is 0 Å². The molecular weight excluding hydrogens is 220 g/mol. The van der Waals surface area contributed by atoms with Crippen molar-refractivity contribution in [3.8, 4) is 0 Å². The summed E-state index contributed by atoms with van der Waals surface area (Å²) in [6, 6.07) is 2.62. The monoisotopic (exact) mass is 248 g/mol. The van der Waals surface area contributed by atoms with E-state index in [1.807, 2.05) is 12.4 Å². The van der Waals surface area contributed by atoms with E-state index in [9.17, 15) is 0 Å². The minimum absolute atomic E-state index is 0.396. The van der Waals surface area contributed by atoms with E-state index in [0.29, 0.717) is 11.5 Å². The molecular formula is C16H28N2. The van der Waals surface area contributed by atoms with Crippen molar-refractivity contribution in [1.82, 2.24) is 10.3 Å². The van der Waals surface area contributed by atoms with Gasteiger partial charge in [0.15, 0.2) is 0 Å². The molecule has 0 aromatic carbocycles. The maximum Gasteiger partial charge on any atom is 0.0324 e. The molecule has 1 atom stereocenters. The Morgan fingerprint density at radius 3 is 2.61 bits per heavy atom. The van der Waals surface area contributed by atoms with Gasteiger partial charge in [0.05, 0.1) is 0 Å². The van der Waals surface area contributed by atoms with Crippen molar-refractivity contribution in [2.75, 3.05) is 6.54 Å². The summed E-state index contributed by atoms with van der Waals surface area (Å²) in [5.41, 5.74) is 3.09. The Labute approximate surface area is 112 Å². The maximum atomic E-state index is 4.19. The van der Waals surface area contributed by atoms with Crippen molar-refractivity contribution >= 4 is 0 Å². The molecule has 1 unspecified atom stereocenters. The van der Waals surface area contributed by atoms with Gasteiger partial charge >= 0.3 is 0 Å². The van der Waals surface area contributed by atoms with Crippen LogP contribution >= 0.6 is 0 Å². The molecule has 1 heterocycles. The van der Waals surface area contributed by atoms with Gasteiger partial charge < -0.3 is 5.32 Å². The minimum Gasteiger partial charge on any atom is -0.310 e. The highest BCUT2D eigenvalue weighted by atomic mass is 14.9. The number of aryl methyl sites for hydroxylation is 1. The van der Waals surface area contributed by atoms with E-state index in [2.05, 4.69) is 51.0 Å². The Kier molecular flexibility index (Phi) is 5.80. The molecule has 0 radical (unpaired) electrons. The summed E-state index contributed by atoms with van der Waals surface area (Å²) < 4.78 is 0. The lowest BCUT2D eigenvalue weighted by molar-refractivity contribution is 0.331. The van der Waals surface area contributed by atoms with Crippen LogP contribution in [0.3, 0.4) is 0 Å². The van der Waals surface area contributed by atoms with Crippen LogP contribution in [0.4, 0.5) is 0 Å². The molecule has 1 aromatic rings. The Morgan fingerprint density at radius 1 is 1.33 bits per heavy atom. The number of nitrogens with one attached hydrogen (secondary N) is 1. The number of hydrogen-bond acceptors (Lipinski definition) is 2. The first kappa shape index (κ1) is 15.2. The summed E-state index contributed by atoms with van der Waals surface area (Å²) in [5.74, 6) is 0. The summed E-state index contributed by atoms with van der Waals surface area (Å²) in [4.78, 5) is 4.19. The Hall–Kier alpha value is -0.890. The van der Waals surface area contributed by atoms with Crippen LogP contribution in [-0.2, 0) is 0 Å². The molecule has 0 saturated carbocycles. The predicted molar refractivity (Wildman–Crippen MR) is 78.7 cm³/mol. The summed E-state index contributed by atoms with van der Waals surface area (Å²) in [7, 11) is 0. The van der Waals surface area contributed by atoms with Crippen molar-refractivity contribution in [3.05, 3.63) is 29.6 Å². The van der Waals surface area contributed by atoms with Crippen LogP contribution < -0.4 is 5.32 Å². The highest BCUT2D eigenvalue weighted by Gasteiger charge is 2.17. The zero-order valence-corrected chi connectivity index (χ0v) is 12.6. The fraction of sp³-hybridized carbons (Fsp3) is 0.688. The lowest BCUT2D eigenvalue weighted by Gasteiger charge is -2.25. The van der Waals surface area contributed by atoms with Crippen LogP contribution in [0.1, 0.15) is 64.1 Å². The first-order valence-corrected chi connectivity index (χ1v) is 7.08. The number of aromatic nitrogens is 1.